The first-order valence-electron chi connectivity index (χ1n) is 12.8. The zero-order valence-electron chi connectivity index (χ0n) is 20.6. The van der Waals surface area contributed by atoms with E-state index in [1.165, 1.54) is 36.3 Å². The number of fused-ring (bicyclic) bond motifs is 5. The molecule has 8 heteroatoms. The number of carbonyl (C=O) groups is 2. The summed E-state index contributed by atoms with van der Waals surface area (Å²) < 4.78 is 56.9. The molecular weight excluding hydrogens is 460 g/mol. The summed E-state index contributed by atoms with van der Waals surface area (Å²) in [6.07, 6.45) is 2.33. The number of hydrogen-bond donors (Lipinski definition) is 1. The highest BCUT2D eigenvalue weighted by atomic mass is 19.4. The van der Waals surface area contributed by atoms with Crippen LogP contribution in [0.2, 0.25) is 0 Å². The molecule has 5 rings (SSSR count). The summed E-state index contributed by atoms with van der Waals surface area (Å²) in [6.45, 7) is 4.37. The van der Waals surface area contributed by atoms with Gasteiger partial charge in [-0.05, 0) is 79.2 Å². The molecule has 4 nitrogen and oxygen atoms in total. The molecule has 0 radical (unpaired) electrons. The number of rotatable bonds is 2. The van der Waals surface area contributed by atoms with E-state index < -0.39 is 40.3 Å². The maximum atomic E-state index is 16.6. The van der Waals surface area contributed by atoms with Gasteiger partial charge in [0.2, 0.25) is 0 Å². The van der Waals surface area contributed by atoms with E-state index in [4.69, 9.17) is 0 Å². The van der Waals surface area contributed by atoms with E-state index in [1.807, 2.05) is 6.92 Å². The van der Waals surface area contributed by atoms with Gasteiger partial charge in [-0.3, -0.25) is 9.59 Å². The second-order valence-corrected chi connectivity index (χ2v) is 12.0. The maximum absolute atomic E-state index is 16.6. The summed E-state index contributed by atoms with van der Waals surface area (Å²) in [4.78, 5) is 27.8. The summed E-state index contributed by atoms with van der Waals surface area (Å²) in [5.74, 6) is -1.09. The highest BCUT2D eigenvalue weighted by molar-refractivity contribution is 6.14. The predicted octanol–water partition coefficient (Wildman–Crippen LogP) is 6.22. The van der Waals surface area contributed by atoms with Crippen molar-refractivity contribution in [3.05, 3.63) is 29.8 Å². The highest BCUT2D eigenvalue weighted by Crippen LogP contribution is 2.65. The summed E-state index contributed by atoms with van der Waals surface area (Å²) in [7, 11) is 1.54. The monoisotopic (exact) mass is 494 g/mol. The van der Waals surface area contributed by atoms with Crippen LogP contribution in [0.4, 0.5) is 23.2 Å². The minimum absolute atomic E-state index is 0.179. The van der Waals surface area contributed by atoms with Gasteiger partial charge < -0.3 is 10.2 Å². The van der Waals surface area contributed by atoms with Crippen LogP contribution < -0.4 is 5.32 Å². The first-order valence-corrected chi connectivity index (χ1v) is 12.8. The van der Waals surface area contributed by atoms with Gasteiger partial charge in [-0.1, -0.05) is 32.4 Å². The Bertz CT molecular complexity index is 1040. The second kappa shape index (κ2) is 7.94. The van der Waals surface area contributed by atoms with Gasteiger partial charge in [-0.25, -0.2) is 4.39 Å². The lowest BCUT2D eigenvalue weighted by molar-refractivity contribution is -0.183. The number of likely N-dealkylation sites (tertiary alicyclic amines) is 1. The smallest absolute Gasteiger partial charge is 0.339 e. The van der Waals surface area contributed by atoms with Gasteiger partial charge in [-0.15, -0.1) is 0 Å². The van der Waals surface area contributed by atoms with Crippen molar-refractivity contribution in [3.8, 4) is 0 Å². The Morgan fingerprint density at radius 3 is 2.49 bits per heavy atom. The lowest BCUT2D eigenvalue weighted by Gasteiger charge is -2.62. The Balaban J connectivity index is 1.47. The minimum Gasteiger partial charge on any atom is -0.339 e. The van der Waals surface area contributed by atoms with Crippen molar-refractivity contribution in [1.82, 2.24) is 4.90 Å². The molecule has 35 heavy (non-hydrogen) atoms. The van der Waals surface area contributed by atoms with Gasteiger partial charge in [0.15, 0.2) is 0 Å². The molecule has 1 N–H and O–H groups in total. The number of hydrogen-bond acceptors (Lipinski definition) is 2. The third-order valence-electron chi connectivity index (χ3n) is 10.2. The number of para-hydroxylation sites is 1. The van der Waals surface area contributed by atoms with Crippen molar-refractivity contribution < 1.29 is 27.2 Å². The predicted molar refractivity (Wildman–Crippen MR) is 124 cm³/mol. The fourth-order valence-corrected chi connectivity index (χ4v) is 8.57. The molecule has 4 fully saturated rings. The van der Waals surface area contributed by atoms with Crippen LogP contribution >= 0.6 is 0 Å². The zero-order valence-corrected chi connectivity index (χ0v) is 20.6. The molecule has 0 bridgehead atoms. The average molecular weight is 495 g/mol. The molecule has 192 valence electrons. The lowest BCUT2D eigenvalue weighted by atomic mass is 9.46. The molecule has 1 aliphatic heterocycles. The fourth-order valence-electron chi connectivity index (χ4n) is 8.57. The van der Waals surface area contributed by atoms with E-state index in [2.05, 4.69) is 12.2 Å². The van der Waals surface area contributed by atoms with Crippen molar-refractivity contribution in [2.75, 3.05) is 12.4 Å². The number of halogens is 4. The molecule has 1 heterocycles. The van der Waals surface area contributed by atoms with Crippen LogP contribution in [0.3, 0.4) is 0 Å². The molecule has 3 saturated carbocycles. The first-order chi connectivity index (χ1) is 16.3. The van der Waals surface area contributed by atoms with Gasteiger partial charge >= 0.3 is 6.18 Å². The van der Waals surface area contributed by atoms with Crippen LogP contribution in [0.25, 0.3) is 0 Å². The number of benzene rings is 1. The summed E-state index contributed by atoms with van der Waals surface area (Å²) in [5, 5.41) is 2.12. The molecular formula is C27H34F4N2O2. The van der Waals surface area contributed by atoms with E-state index in [9.17, 15) is 22.8 Å². The molecule has 1 aromatic carbocycles. The summed E-state index contributed by atoms with van der Waals surface area (Å²) in [5.41, 5.74) is -4.83. The first kappa shape index (κ1) is 24.6. The lowest BCUT2D eigenvalue weighted by Crippen LogP contribution is -2.69. The van der Waals surface area contributed by atoms with Gasteiger partial charge in [0.25, 0.3) is 17.5 Å². The largest absolute Gasteiger partial charge is 0.418 e. The topological polar surface area (TPSA) is 49.4 Å². The zero-order chi connectivity index (χ0) is 25.4. The minimum atomic E-state index is -4.72. The quantitative estimate of drug-likeness (QED) is 0.392. The number of piperidine rings is 1. The molecule has 3 aliphatic carbocycles. The normalized spacial score (nSPS) is 41.1. The summed E-state index contributed by atoms with van der Waals surface area (Å²) in [6, 6.07) is 4.29. The van der Waals surface area contributed by atoms with Crippen molar-refractivity contribution >= 4 is 17.5 Å². The molecule has 2 unspecified atom stereocenters. The second-order valence-electron chi connectivity index (χ2n) is 12.0. The van der Waals surface area contributed by atoms with E-state index in [0.29, 0.717) is 17.3 Å². The maximum Gasteiger partial charge on any atom is 0.418 e. The van der Waals surface area contributed by atoms with E-state index in [1.54, 1.807) is 7.05 Å². The Morgan fingerprint density at radius 2 is 1.77 bits per heavy atom. The van der Waals surface area contributed by atoms with Gasteiger partial charge in [0.1, 0.15) is 0 Å². The SMILES string of the molecule is CN1C(=O)C(F)(C(=O)Nc2ccccc2C(F)(F)F)C[C@@]2(C)C1CC[C@@H]1[C@H]2CC[C@]2(C)CCC[C@@H]12. The third kappa shape index (κ3) is 3.60. The molecule has 4 aliphatic rings. The van der Waals surface area contributed by atoms with E-state index >= 15 is 4.39 Å². The van der Waals surface area contributed by atoms with Gasteiger partial charge in [0, 0.05) is 19.5 Å². The highest BCUT2D eigenvalue weighted by Gasteiger charge is 2.66. The van der Waals surface area contributed by atoms with Gasteiger partial charge in [-0.2, -0.15) is 13.2 Å². The Hall–Kier alpha value is -2.12. The average Bonchev–Trinajstić information content (AvgIpc) is 3.19. The van der Waals surface area contributed by atoms with Crippen LogP contribution in [0.1, 0.15) is 70.8 Å². The molecule has 1 aromatic rings. The number of carbonyl (C=O) groups excluding carboxylic acids is 2. The Labute approximate surface area is 203 Å². The number of nitrogens with one attached hydrogen (secondary N) is 1. The fraction of sp³-hybridized carbons (Fsp3) is 0.704. The van der Waals surface area contributed by atoms with Crippen LogP contribution in [-0.2, 0) is 15.8 Å². The van der Waals surface area contributed by atoms with Crippen molar-refractivity contribution in [2.24, 2.45) is 28.6 Å². The molecule has 2 amide bonds. The van der Waals surface area contributed by atoms with Crippen LogP contribution in [-0.4, -0.2) is 35.5 Å². The number of anilines is 1. The van der Waals surface area contributed by atoms with E-state index in [0.717, 1.165) is 37.8 Å². The Kier molecular flexibility index (Phi) is 5.57. The van der Waals surface area contributed by atoms with Crippen LogP contribution in [0.15, 0.2) is 24.3 Å². The number of amides is 2. The number of nitrogens with zero attached hydrogens (tertiary/aromatic N) is 1. The van der Waals surface area contributed by atoms with Crippen molar-refractivity contribution in [3.63, 3.8) is 0 Å². The van der Waals surface area contributed by atoms with E-state index in [-0.39, 0.29) is 18.4 Å². The molecule has 0 aromatic heterocycles. The third-order valence-corrected chi connectivity index (χ3v) is 10.2. The number of alkyl halides is 4. The molecule has 7 atom stereocenters. The van der Waals surface area contributed by atoms with Crippen molar-refractivity contribution in [2.45, 2.75) is 83.1 Å². The van der Waals surface area contributed by atoms with Crippen LogP contribution in [0.5, 0.6) is 0 Å². The Morgan fingerprint density at radius 1 is 1.06 bits per heavy atom. The van der Waals surface area contributed by atoms with Gasteiger partial charge in [0.05, 0.1) is 11.3 Å². The van der Waals surface area contributed by atoms with Crippen LogP contribution in [0, 0.1) is 28.6 Å². The standard InChI is InChI=1S/C27H34F4N2O2/c1-24-13-6-8-17(24)16-10-11-21-25(2,18(16)12-14-24)15-26(28,23(35)33(21)3)22(34)32-20-9-5-4-7-19(20)27(29,30)31/h4-5,7,9,16-18,21H,6,8,10-15H2,1-3H3,(H,32,34)/t16-,17-,18+,21?,24-,25+,26?/m0/s1. The molecule has 1 saturated heterocycles. The molecule has 0 spiro atoms. The summed E-state index contributed by atoms with van der Waals surface area (Å²) >= 11 is 0. The van der Waals surface area contributed by atoms with Crippen molar-refractivity contribution in [1.29, 1.82) is 0 Å².